The minimum Gasteiger partial charge on any atom is -0.506 e. The van der Waals surface area contributed by atoms with Gasteiger partial charge < -0.3 is 50.3 Å². The molecule has 0 unspecified atom stereocenters. The van der Waals surface area contributed by atoms with Crippen LogP contribution in [-0.2, 0) is 9.53 Å². The van der Waals surface area contributed by atoms with Crippen LogP contribution in [0.3, 0.4) is 0 Å². The Balaban J connectivity index is 1.75. The Kier molecular flexibility index (Phi) is 7.80. The van der Waals surface area contributed by atoms with Crippen LogP contribution in [0.1, 0.15) is 35.7 Å². The van der Waals surface area contributed by atoms with E-state index in [0.717, 1.165) is 0 Å². The SMILES string of the molecule is COc1cc(O[C@@H]2O[C@H]([C@@]3(O)C=C[C@H](N)[C@H](CC=O)C3)[C@@H](O)[C@H](O)[C@H]2O)c2c(O)c(C(C)=O)c(C)cc2c1. The number of fused-ring (bicyclic) bond motifs is 1. The van der Waals surface area contributed by atoms with Crippen LogP contribution < -0.4 is 15.2 Å². The number of nitrogens with two attached hydrogens (primary N) is 1. The zero-order valence-electron chi connectivity index (χ0n) is 21.3. The third-order valence-corrected chi connectivity index (χ3v) is 7.38. The Morgan fingerprint density at radius 3 is 2.55 bits per heavy atom. The molecule has 0 aromatic heterocycles. The van der Waals surface area contributed by atoms with Gasteiger partial charge in [0.2, 0.25) is 6.29 Å². The number of aldehydes is 1. The monoisotopic (exact) mass is 531 g/mol. The van der Waals surface area contributed by atoms with E-state index in [-0.39, 0.29) is 41.1 Å². The van der Waals surface area contributed by atoms with Crippen LogP contribution in [0.4, 0.5) is 0 Å². The van der Waals surface area contributed by atoms with Gasteiger partial charge in [-0.25, -0.2) is 0 Å². The van der Waals surface area contributed by atoms with Gasteiger partial charge in [0, 0.05) is 18.5 Å². The fraction of sp³-hybridized carbons (Fsp3) is 0.481. The number of benzene rings is 2. The number of carbonyl (C=O) groups is 2. The van der Waals surface area contributed by atoms with Gasteiger partial charge in [0.25, 0.3) is 0 Å². The largest absolute Gasteiger partial charge is 0.506 e. The Morgan fingerprint density at radius 1 is 1.21 bits per heavy atom. The van der Waals surface area contributed by atoms with Crippen molar-refractivity contribution in [2.75, 3.05) is 7.11 Å². The number of phenolic OH excluding ortho intramolecular Hbond substituents is 1. The molecule has 0 spiro atoms. The van der Waals surface area contributed by atoms with Crippen molar-refractivity contribution in [2.45, 2.75) is 69.0 Å². The molecule has 0 amide bonds. The molecule has 2 aromatic rings. The molecule has 2 aromatic carbocycles. The van der Waals surface area contributed by atoms with Crippen LogP contribution in [0.5, 0.6) is 17.2 Å². The molecular formula is C27H33NO10. The number of aliphatic hydroxyl groups is 4. The van der Waals surface area contributed by atoms with Crippen LogP contribution >= 0.6 is 0 Å². The molecule has 11 heteroatoms. The number of methoxy groups -OCH3 is 1. The van der Waals surface area contributed by atoms with E-state index in [1.807, 2.05) is 0 Å². The van der Waals surface area contributed by atoms with Crippen LogP contribution in [0, 0.1) is 12.8 Å². The van der Waals surface area contributed by atoms with Crippen molar-refractivity contribution in [3.8, 4) is 17.2 Å². The lowest BCUT2D eigenvalue weighted by Gasteiger charge is -2.48. The van der Waals surface area contributed by atoms with E-state index in [0.29, 0.717) is 23.0 Å². The Bertz CT molecular complexity index is 1260. The number of aryl methyl sites for hydroxylation is 1. The van der Waals surface area contributed by atoms with E-state index in [2.05, 4.69) is 0 Å². The van der Waals surface area contributed by atoms with Gasteiger partial charge in [-0.3, -0.25) is 4.79 Å². The zero-order chi connectivity index (χ0) is 27.9. The van der Waals surface area contributed by atoms with Gasteiger partial charge >= 0.3 is 0 Å². The number of ether oxygens (including phenoxy) is 3. The lowest BCUT2D eigenvalue weighted by molar-refractivity contribution is -0.300. The topological polar surface area (TPSA) is 189 Å². The molecule has 0 bridgehead atoms. The summed E-state index contributed by atoms with van der Waals surface area (Å²) in [7, 11) is 1.43. The fourth-order valence-corrected chi connectivity index (χ4v) is 5.37. The van der Waals surface area contributed by atoms with Crippen molar-refractivity contribution >= 4 is 22.8 Å². The molecule has 4 rings (SSSR count). The van der Waals surface area contributed by atoms with Crippen LogP contribution in [0.25, 0.3) is 10.8 Å². The standard InChI is InChI=1S/C27H33NO10/c1-12-8-15-9-16(36-3)10-18(20(15)21(31)19(12)13(2)30)37-26-24(34)22(32)23(33)25(38-26)27(35)6-4-17(28)14(11-27)5-7-29/h4,6-10,14,17,22-26,31-35H,5,11,28H2,1-3H3/t14-,17+,22+,23+,24-,25+,26-,27-/m1/s1. The number of aliphatic hydroxyl groups excluding tert-OH is 3. The molecular weight excluding hydrogens is 498 g/mol. The van der Waals surface area contributed by atoms with Gasteiger partial charge in [-0.1, -0.05) is 18.2 Å². The second kappa shape index (κ2) is 10.6. The van der Waals surface area contributed by atoms with Gasteiger partial charge in [0.15, 0.2) is 5.78 Å². The second-order valence-electron chi connectivity index (χ2n) is 10.0. The van der Waals surface area contributed by atoms with Gasteiger partial charge in [-0.15, -0.1) is 0 Å². The summed E-state index contributed by atoms with van der Waals surface area (Å²) < 4.78 is 17.1. The van der Waals surface area contributed by atoms with Gasteiger partial charge in [-0.05, 0) is 43.2 Å². The number of Topliss-reactive ketones (excluding diaryl/α,β-unsaturated/α-hetero) is 1. The summed E-state index contributed by atoms with van der Waals surface area (Å²) in [6, 6.07) is 4.21. The van der Waals surface area contributed by atoms with Gasteiger partial charge in [0.1, 0.15) is 53.6 Å². The van der Waals surface area contributed by atoms with E-state index in [9.17, 15) is 35.1 Å². The second-order valence-corrected chi connectivity index (χ2v) is 10.0. The predicted molar refractivity (Wildman–Crippen MR) is 135 cm³/mol. The number of aromatic hydroxyl groups is 1. The Labute approximate surface area is 219 Å². The molecule has 11 nitrogen and oxygen atoms in total. The first-order valence-corrected chi connectivity index (χ1v) is 12.2. The maximum absolute atomic E-state index is 12.2. The first-order chi connectivity index (χ1) is 17.9. The maximum atomic E-state index is 12.2. The molecule has 38 heavy (non-hydrogen) atoms. The Morgan fingerprint density at radius 2 is 1.92 bits per heavy atom. The summed E-state index contributed by atoms with van der Waals surface area (Å²) in [5.74, 6) is -0.853. The highest BCUT2D eigenvalue weighted by Crippen LogP contribution is 2.43. The number of hydrogen-bond donors (Lipinski definition) is 6. The molecule has 0 saturated carbocycles. The summed E-state index contributed by atoms with van der Waals surface area (Å²) in [6.45, 7) is 2.99. The highest BCUT2D eigenvalue weighted by Gasteiger charge is 2.54. The molecule has 206 valence electrons. The van der Waals surface area contributed by atoms with Crippen LogP contribution in [0.2, 0.25) is 0 Å². The van der Waals surface area contributed by atoms with Crippen molar-refractivity contribution in [1.29, 1.82) is 0 Å². The minimum absolute atomic E-state index is 0.0298. The summed E-state index contributed by atoms with van der Waals surface area (Å²) in [6.07, 6.45) is -4.79. The number of carbonyl (C=O) groups excluding carboxylic acids is 2. The van der Waals surface area contributed by atoms with Crippen molar-refractivity contribution in [3.63, 3.8) is 0 Å². The van der Waals surface area contributed by atoms with E-state index < -0.39 is 48.3 Å². The molecule has 0 radical (unpaired) electrons. The lowest BCUT2D eigenvalue weighted by atomic mass is 9.73. The molecule has 1 aliphatic carbocycles. The summed E-state index contributed by atoms with van der Waals surface area (Å²) in [5, 5.41) is 55.2. The van der Waals surface area contributed by atoms with Crippen LogP contribution in [0.15, 0.2) is 30.4 Å². The number of ketones is 1. The zero-order valence-corrected chi connectivity index (χ0v) is 21.3. The molecule has 8 atom stereocenters. The molecule has 2 aliphatic rings. The van der Waals surface area contributed by atoms with Gasteiger partial charge in [0.05, 0.1) is 18.1 Å². The lowest BCUT2D eigenvalue weighted by Crippen LogP contribution is -2.66. The average molecular weight is 532 g/mol. The molecule has 1 saturated heterocycles. The van der Waals surface area contributed by atoms with E-state index in [4.69, 9.17) is 19.9 Å². The van der Waals surface area contributed by atoms with Crippen molar-refractivity contribution < 1.29 is 49.3 Å². The average Bonchev–Trinajstić information content (AvgIpc) is 2.86. The number of hydrogen-bond acceptors (Lipinski definition) is 11. The highest BCUT2D eigenvalue weighted by atomic mass is 16.7. The molecule has 1 fully saturated rings. The van der Waals surface area contributed by atoms with Crippen molar-refractivity contribution in [2.24, 2.45) is 11.7 Å². The third-order valence-electron chi connectivity index (χ3n) is 7.38. The first kappa shape index (κ1) is 28.0. The number of phenols is 1. The normalized spacial score (nSPS) is 33.2. The maximum Gasteiger partial charge on any atom is 0.229 e. The highest BCUT2D eigenvalue weighted by molar-refractivity contribution is 6.07. The fourth-order valence-electron chi connectivity index (χ4n) is 5.37. The predicted octanol–water partition coefficient (Wildman–Crippen LogP) is 0.475. The van der Waals surface area contributed by atoms with Gasteiger partial charge in [-0.2, -0.15) is 0 Å². The third kappa shape index (κ3) is 4.89. The first-order valence-electron chi connectivity index (χ1n) is 12.2. The Hall–Kier alpha value is -3.06. The summed E-state index contributed by atoms with van der Waals surface area (Å²) in [5.41, 5.74) is 4.81. The van der Waals surface area contributed by atoms with Crippen molar-refractivity contribution in [3.05, 3.63) is 41.5 Å². The quantitative estimate of drug-likeness (QED) is 0.166. The summed E-state index contributed by atoms with van der Waals surface area (Å²) >= 11 is 0. The minimum atomic E-state index is -1.84. The van der Waals surface area contributed by atoms with E-state index in [1.54, 1.807) is 19.1 Å². The number of rotatable bonds is 7. The van der Waals surface area contributed by atoms with E-state index in [1.165, 1.54) is 32.3 Å². The van der Waals surface area contributed by atoms with Crippen molar-refractivity contribution in [1.82, 2.24) is 0 Å². The molecule has 1 heterocycles. The smallest absolute Gasteiger partial charge is 0.229 e. The molecule has 7 N–H and O–H groups in total. The molecule has 1 aliphatic heterocycles. The van der Waals surface area contributed by atoms with E-state index >= 15 is 0 Å². The summed E-state index contributed by atoms with van der Waals surface area (Å²) in [4.78, 5) is 23.3. The van der Waals surface area contributed by atoms with Crippen LogP contribution in [-0.4, -0.2) is 87.1 Å².